The smallest absolute Gasteiger partial charge is 0.120 e. The van der Waals surface area contributed by atoms with E-state index >= 15 is 0 Å². The van der Waals surface area contributed by atoms with Crippen LogP contribution in [0.1, 0.15) is 0 Å². The van der Waals surface area contributed by atoms with Gasteiger partial charge in [0.1, 0.15) is 5.75 Å². The van der Waals surface area contributed by atoms with Gasteiger partial charge >= 0.3 is 0 Å². The largest absolute Gasteiger partial charge is 0.497 e. The quantitative estimate of drug-likeness (QED) is 0.849. The highest BCUT2D eigenvalue weighted by Crippen LogP contribution is 2.23. The number of rotatable bonds is 4. The Morgan fingerprint density at radius 3 is 3.06 bits per heavy atom. The normalized spacial score (nSPS) is 20.4. The minimum Gasteiger partial charge on any atom is -0.497 e. The number of methoxy groups -OCH3 is 2. The van der Waals surface area contributed by atoms with Gasteiger partial charge in [-0.1, -0.05) is 6.07 Å². The molecule has 1 heterocycles. The molecule has 1 aliphatic heterocycles. The van der Waals surface area contributed by atoms with Crippen molar-refractivity contribution in [1.29, 1.82) is 0 Å². The molecule has 1 aromatic carbocycles. The maximum absolute atomic E-state index is 5.28. The van der Waals surface area contributed by atoms with Crippen LogP contribution in [0.5, 0.6) is 5.75 Å². The van der Waals surface area contributed by atoms with E-state index in [1.165, 1.54) is 5.69 Å². The average Bonchev–Trinajstić information content (AvgIpc) is 2.40. The van der Waals surface area contributed by atoms with Crippen molar-refractivity contribution in [3.63, 3.8) is 0 Å². The molecule has 1 aliphatic rings. The SMILES string of the molecule is COCC1CNCCN1c1cccc(OC)c1. The molecule has 4 nitrogen and oxygen atoms in total. The molecule has 0 spiro atoms. The summed E-state index contributed by atoms with van der Waals surface area (Å²) in [6, 6.07) is 8.59. The lowest BCUT2D eigenvalue weighted by atomic mass is 10.1. The van der Waals surface area contributed by atoms with Gasteiger partial charge in [0.2, 0.25) is 0 Å². The molecule has 0 saturated carbocycles. The lowest BCUT2D eigenvalue weighted by Crippen LogP contribution is -2.53. The van der Waals surface area contributed by atoms with Crippen molar-refractivity contribution in [2.75, 3.05) is 45.4 Å². The molecule has 0 aromatic heterocycles. The van der Waals surface area contributed by atoms with Gasteiger partial charge in [-0.05, 0) is 12.1 Å². The third-order valence-electron chi connectivity index (χ3n) is 3.09. The van der Waals surface area contributed by atoms with E-state index in [9.17, 15) is 0 Å². The highest BCUT2D eigenvalue weighted by atomic mass is 16.5. The van der Waals surface area contributed by atoms with E-state index < -0.39 is 0 Å². The van der Waals surface area contributed by atoms with Crippen LogP contribution < -0.4 is 15.0 Å². The summed E-state index contributed by atoms with van der Waals surface area (Å²) in [5, 5.41) is 3.40. The average molecular weight is 236 g/mol. The minimum atomic E-state index is 0.390. The molecule has 1 fully saturated rings. The molecule has 0 bridgehead atoms. The summed E-state index contributed by atoms with van der Waals surface area (Å²) in [5.41, 5.74) is 1.20. The van der Waals surface area contributed by atoms with Crippen LogP contribution in [0.4, 0.5) is 5.69 Å². The van der Waals surface area contributed by atoms with Crippen molar-refractivity contribution in [2.45, 2.75) is 6.04 Å². The van der Waals surface area contributed by atoms with E-state index in [1.54, 1.807) is 14.2 Å². The molecule has 2 rings (SSSR count). The van der Waals surface area contributed by atoms with E-state index in [-0.39, 0.29) is 0 Å². The molecular formula is C13H20N2O2. The van der Waals surface area contributed by atoms with Gasteiger partial charge in [0.25, 0.3) is 0 Å². The Kier molecular flexibility index (Phi) is 4.23. The van der Waals surface area contributed by atoms with Gasteiger partial charge in [-0.3, -0.25) is 0 Å². The Balaban J connectivity index is 2.16. The molecule has 1 N–H and O–H groups in total. The maximum Gasteiger partial charge on any atom is 0.120 e. The van der Waals surface area contributed by atoms with Crippen LogP contribution in [-0.2, 0) is 4.74 Å². The van der Waals surface area contributed by atoms with Crippen molar-refractivity contribution >= 4 is 5.69 Å². The summed E-state index contributed by atoms with van der Waals surface area (Å²) in [7, 11) is 3.45. The van der Waals surface area contributed by atoms with Gasteiger partial charge in [-0.25, -0.2) is 0 Å². The van der Waals surface area contributed by atoms with Crippen LogP contribution in [0.25, 0.3) is 0 Å². The first-order valence-electron chi connectivity index (χ1n) is 5.95. The monoisotopic (exact) mass is 236 g/mol. The van der Waals surface area contributed by atoms with Gasteiger partial charge < -0.3 is 19.7 Å². The fraction of sp³-hybridized carbons (Fsp3) is 0.538. The molecule has 4 heteroatoms. The molecule has 0 radical (unpaired) electrons. The summed E-state index contributed by atoms with van der Waals surface area (Å²) in [5.74, 6) is 0.900. The summed E-state index contributed by atoms with van der Waals surface area (Å²) >= 11 is 0. The first-order chi connectivity index (χ1) is 8.35. The second kappa shape index (κ2) is 5.89. The maximum atomic E-state index is 5.28. The molecule has 94 valence electrons. The Labute approximate surface area is 103 Å². The Bertz CT molecular complexity index is 355. The molecule has 1 aromatic rings. The number of nitrogens with one attached hydrogen (secondary N) is 1. The second-order valence-electron chi connectivity index (χ2n) is 4.21. The molecule has 1 unspecified atom stereocenters. The summed E-state index contributed by atoms with van der Waals surface area (Å²) < 4.78 is 10.5. The highest BCUT2D eigenvalue weighted by Gasteiger charge is 2.22. The van der Waals surface area contributed by atoms with Crippen LogP contribution in [-0.4, -0.2) is 46.5 Å². The number of piperazine rings is 1. The highest BCUT2D eigenvalue weighted by molar-refractivity contribution is 5.52. The number of anilines is 1. The van der Waals surface area contributed by atoms with Crippen molar-refractivity contribution in [2.24, 2.45) is 0 Å². The summed E-state index contributed by atoms with van der Waals surface area (Å²) in [6.07, 6.45) is 0. The number of benzene rings is 1. The zero-order chi connectivity index (χ0) is 12.1. The Morgan fingerprint density at radius 1 is 1.41 bits per heavy atom. The van der Waals surface area contributed by atoms with Crippen LogP contribution in [0.15, 0.2) is 24.3 Å². The predicted molar refractivity (Wildman–Crippen MR) is 68.9 cm³/mol. The number of hydrogen-bond acceptors (Lipinski definition) is 4. The third kappa shape index (κ3) is 2.90. The van der Waals surface area contributed by atoms with Crippen LogP contribution in [0.2, 0.25) is 0 Å². The van der Waals surface area contributed by atoms with Crippen molar-refractivity contribution < 1.29 is 9.47 Å². The molecule has 0 amide bonds. The Morgan fingerprint density at radius 2 is 2.29 bits per heavy atom. The van der Waals surface area contributed by atoms with Crippen LogP contribution in [0.3, 0.4) is 0 Å². The van der Waals surface area contributed by atoms with E-state index in [0.29, 0.717) is 6.04 Å². The first kappa shape index (κ1) is 12.2. The summed E-state index contributed by atoms with van der Waals surface area (Å²) in [4.78, 5) is 2.38. The van der Waals surface area contributed by atoms with Gasteiger partial charge in [-0.2, -0.15) is 0 Å². The van der Waals surface area contributed by atoms with E-state index in [0.717, 1.165) is 32.0 Å². The van der Waals surface area contributed by atoms with Gasteiger partial charge in [0, 0.05) is 38.5 Å². The van der Waals surface area contributed by atoms with Crippen LogP contribution >= 0.6 is 0 Å². The van der Waals surface area contributed by atoms with Crippen molar-refractivity contribution in [3.05, 3.63) is 24.3 Å². The van der Waals surface area contributed by atoms with Gasteiger partial charge in [-0.15, -0.1) is 0 Å². The van der Waals surface area contributed by atoms with Crippen LogP contribution in [0, 0.1) is 0 Å². The number of ether oxygens (including phenoxy) is 2. The van der Waals surface area contributed by atoms with Crippen molar-refractivity contribution in [1.82, 2.24) is 5.32 Å². The lowest BCUT2D eigenvalue weighted by molar-refractivity contribution is 0.170. The fourth-order valence-electron chi connectivity index (χ4n) is 2.23. The molecule has 1 atom stereocenters. The summed E-state index contributed by atoms with van der Waals surface area (Å²) in [6.45, 7) is 3.72. The minimum absolute atomic E-state index is 0.390. The fourth-order valence-corrected chi connectivity index (χ4v) is 2.23. The number of hydrogen-bond donors (Lipinski definition) is 1. The van der Waals surface area contributed by atoms with Gasteiger partial charge in [0.05, 0.1) is 19.8 Å². The lowest BCUT2D eigenvalue weighted by Gasteiger charge is -2.37. The molecule has 17 heavy (non-hydrogen) atoms. The first-order valence-corrected chi connectivity index (χ1v) is 5.95. The van der Waals surface area contributed by atoms with Crippen molar-refractivity contribution in [3.8, 4) is 5.75 Å². The second-order valence-corrected chi connectivity index (χ2v) is 4.21. The topological polar surface area (TPSA) is 33.7 Å². The Hall–Kier alpha value is -1.26. The predicted octanol–water partition coefficient (Wildman–Crippen LogP) is 1.12. The molecule has 1 saturated heterocycles. The van der Waals surface area contributed by atoms with E-state index in [4.69, 9.17) is 9.47 Å². The standard InChI is InChI=1S/C13H20N2O2/c1-16-10-12-9-14-6-7-15(12)11-4-3-5-13(8-11)17-2/h3-5,8,12,14H,6-7,9-10H2,1-2H3. The molecule has 0 aliphatic carbocycles. The third-order valence-corrected chi connectivity index (χ3v) is 3.09. The van der Waals surface area contributed by atoms with Gasteiger partial charge in [0.15, 0.2) is 0 Å². The van der Waals surface area contributed by atoms with E-state index in [2.05, 4.69) is 22.3 Å². The zero-order valence-electron chi connectivity index (χ0n) is 10.5. The molecular weight excluding hydrogens is 216 g/mol. The number of nitrogens with zero attached hydrogens (tertiary/aromatic N) is 1. The zero-order valence-corrected chi connectivity index (χ0v) is 10.5. The van der Waals surface area contributed by atoms with E-state index in [1.807, 2.05) is 12.1 Å².